The Morgan fingerprint density at radius 1 is 1.16 bits per heavy atom. The van der Waals surface area contributed by atoms with Gasteiger partial charge >= 0.3 is 6.18 Å². The number of allylic oxidation sites excluding steroid dienone is 1. The van der Waals surface area contributed by atoms with Crippen molar-refractivity contribution in [3.8, 4) is 0 Å². The fourth-order valence-electron chi connectivity index (χ4n) is 2.67. The molecule has 1 aromatic rings. The monoisotopic (exact) mass is 268 g/mol. The van der Waals surface area contributed by atoms with Crippen LogP contribution in [0.1, 0.15) is 17.5 Å². The van der Waals surface area contributed by atoms with E-state index < -0.39 is 11.7 Å². The summed E-state index contributed by atoms with van der Waals surface area (Å²) in [6.07, 6.45) is -3.94. The van der Waals surface area contributed by atoms with E-state index in [1.54, 1.807) is 0 Å². The highest BCUT2D eigenvalue weighted by atomic mass is 19.4. The highest BCUT2D eigenvalue weighted by Gasteiger charge is 2.37. The van der Waals surface area contributed by atoms with Crippen LogP contribution in [0.25, 0.3) is 5.57 Å². The number of alkyl halides is 3. The Bertz CT molecular complexity index is 555. The highest BCUT2D eigenvalue weighted by molar-refractivity contribution is 6.24. The molecule has 2 aliphatic rings. The van der Waals surface area contributed by atoms with Crippen molar-refractivity contribution in [2.45, 2.75) is 12.6 Å². The Morgan fingerprint density at radius 2 is 1.84 bits per heavy atom. The van der Waals surface area contributed by atoms with Gasteiger partial charge in [-0.05, 0) is 23.3 Å². The van der Waals surface area contributed by atoms with Crippen LogP contribution < -0.4 is 0 Å². The second kappa shape index (κ2) is 4.20. The summed E-state index contributed by atoms with van der Waals surface area (Å²) in [5.74, 6) is 0.118. The van der Waals surface area contributed by atoms with E-state index in [-0.39, 0.29) is 11.7 Å². The molecule has 3 rings (SSSR count). The van der Waals surface area contributed by atoms with Crippen LogP contribution >= 0.6 is 0 Å². The van der Waals surface area contributed by atoms with Crippen molar-refractivity contribution >= 4 is 11.4 Å². The summed E-state index contributed by atoms with van der Waals surface area (Å²) in [7, 11) is 0. The van der Waals surface area contributed by atoms with Gasteiger partial charge in [0.05, 0.1) is 18.8 Å². The van der Waals surface area contributed by atoms with Crippen LogP contribution in [0.2, 0.25) is 0 Å². The number of carbonyl (C=O) groups is 1. The molecule has 0 radical (unpaired) electrons. The van der Waals surface area contributed by atoms with E-state index >= 15 is 0 Å². The maximum absolute atomic E-state index is 12.5. The van der Waals surface area contributed by atoms with Gasteiger partial charge in [0.1, 0.15) is 0 Å². The Labute approximate surface area is 107 Å². The summed E-state index contributed by atoms with van der Waals surface area (Å²) in [5, 5.41) is 0. The predicted molar refractivity (Wildman–Crippen MR) is 62.3 cm³/mol. The maximum Gasteiger partial charge on any atom is 0.416 e. The number of fused-ring (bicyclic) bond motifs is 1. The zero-order valence-electron chi connectivity index (χ0n) is 9.96. The van der Waals surface area contributed by atoms with E-state index in [1.807, 2.05) is 0 Å². The smallest absolute Gasteiger partial charge is 0.376 e. The maximum atomic E-state index is 12.5. The molecule has 1 heterocycles. The van der Waals surface area contributed by atoms with E-state index in [0.717, 1.165) is 17.7 Å². The first-order valence-electron chi connectivity index (χ1n) is 5.98. The molecule has 1 aliphatic heterocycles. The fraction of sp³-hybridized carbons (Fsp3) is 0.357. The van der Waals surface area contributed by atoms with E-state index in [0.29, 0.717) is 30.8 Å². The highest BCUT2D eigenvalue weighted by Crippen LogP contribution is 2.39. The topological polar surface area (TPSA) is 26.3 Å². The average Bonchev–Trinajstić information content (AvgIpc) is 2.87. The summed E-state index contributed by atoms with van der Waals surface area (Å²) in [5.41, 5.74) is 1.34. The van der Waals surface area contributed by atoms with Crippen molar-refractivity contribution in [2.75, 3.05) is 13.2 Å². The molecule has 1 fully saturated rings. The minimum absolute atomic E-state index is 0.00283. The number of hydrogen-bond donors (Lipinski definition) is 0. The Morgan fingerprint density at radius 3 is 2.47 bits per heavy atom. The molecule has 2 nitrogen and oxygen atoms in total. The van der Waals surface area contributed by atoms with Gasteiger partial charge in [-0.3, -0.25) is 4.79 Å². The van der Waals surface area contributed by atoms with Gasteiger partial charge in [0.2, 0.25) is 0 Å². The van der Waals surface area contributed by atoms with Crippen molar-refractivity contribution in [1.29, 1.82) is 0 Å². The second-order valence-corrected chi connectivity index (χ2v) is 4.81. The minimum Gasteiger partial charge on any atom is -0.376 e. The SMILES string of the molecule is O=C1C[C@@H]2COCC2=C1c1ccc(C(F)(F)F)cc1. The van der Waals surface area contributed by atoms with E-state index in [9.17, 15) is 18.0 Å². The van der Waals surface area contributed by atoms with Crippen molar-refractivity contribution < 1.29 is 22.7 Å². The number of benzene rings is 1. The Balaban J connectivity index is 1.99. The number of hydrogen-bond acceptors (Lipinski definition) is 2. The summed E-state index contributed by atoms with van der Waals surface area (Å²) in [4.78, 5) is 11.9. The zero-order valence-corrected chi connectivity index (χ0v) is 9.96. The molecule has 0 N–H and O–H groups in total. The van der Waals surface area contributed by atoms with Crippen molar-refractivity contribution in [1.82, 2.24) is 0 Å². The van der Waals surface area contributed by atoms with Gasteiger partial charge in [0.25, 0.3) is 0 Å². The number of halogens is 3. The lowest BCUT2D eigenvalue weighted by Gasteiger charge is -2.08. The first kappa shape index (κ1) is 12.4. The number of carbonyl (C=O) groups excluding carboxylic acids is 1. The molecular weight excluding hydrogens is 257 g/mol. The molecule has 19 heavy (non-hydrogen) atoms. The van der Waals surface area contributed by atoms with Crippen molar-refractivity contribution in [3.05, 3.63) is 41.0 Å². The standard InChI is InChI=1S/C14H11F3O2/c15-14(16,17)10-3-1-8(2-4-10)13-11-7-19-6-9(11)5-12(13)18/h1-4,9H,5-7H2/t9-/m1/s1. The summed E-state index contributed by atoms with van der Waals surface area (Å²) in [6.45, 7) is 0.942. The number of ether oxygens (including phenoxy) is 1. The van der Waals surface area contributed by atoms with Gasteiger partial charge in [-0.2, -0.15) is 13.2 Å². The van der Waals surface area contributed by atoms with Gasteiger partial charge in [-0.15, -0.1) is 0 Å². The van der Waals surface area contributed by atoms with E-state index in [2.05, 4.69) is 0 Å². The second-order valence-electron chi connectivity index (χ2n) is 4.81. The molecule has 100 valence electrons. The molecule has 0 amide bonds. The van der Waals surface area contributed by atoms with Gasteiger partial charge in [0, 0.05) is 17.9 Å². The van der Waals surface area contributed by atoms with Gasteiger partial charge in [-0.25, -0.2) is 0 Å². The molecule has 1 atom stereocenters. The van der Waals surface area contributed by atoms with Crippen LogP contribution in [0.4, 0.5) is 13.2 Å². The first-order chi connectivity index (χ1) is 8.97. The lowest BCUT2D eigenvalue weighted by atomic mass is 9.99. The molecule has 0 unspecified atom stereocenters. The van der Waals surface area contributed by atoms with E-state index in [4.69, 9.17) is 4.74 Å². The first-order valence-corrected chi connectivity index (χ1v) is 5.98. The third-order valence-electron chi connectivity index (χ3n) is 3.60. The fourth-order valence-corrected chi connectivity index (χ4v) is 2.67. The normalized spacial score (nSPS) is 23.1. The van der Waals surface area contributed by atoms with Gasteiger partial charge in [-0.1, -0.05) is 12.1 Å². The summed E-state index contributed by atoms with van der Waals surface area (Å²) >= 11 is 0. The third-order valence-corrected chi connectivity index (χ3v) is 3.60. The van der Waals surface area contributed by atoms with Gasteiger partial charge < -0.3 is 4.74 Å². The molecule has 0 bridgehead atoms. The predicted octanol–water partition coefficient (Wildman–Crippen LogP) is 3.08. The molecule has 0 aromatic heterocycles. The number of Topliss-reactive ketones (excluding diaryl/α,β-unsaturated/α-hetero) is 1. The van der Waals surface area contributed by atoms with Crippen LogP contribution in [0.5, 0.6) is 0 Å². The van der Waals surface area contributed by atoms with Crippen LogP contribution in [-0.4, -0.2) is 19.0 Å². The van der Waals surface area contributed by atoms with Crippen molar-refractivity contribution in [2.24, 2.45) is 5.92 Å². The van der Waals surface area contributed by atoms with Crippen LogP contribution in [0, 0.1) is 5.92 Å². The largest absolute Gasteiger partial charge is 0.416 e. The molecule has 1 aliphatic carbocycles. The zero-order chi connectivity index (χ0) is 13.6. The minimum atomic E-state index is -4.35. The van der Waals surface area contributed by atoms with Crippen molar-refractivity contribution in [3.63, 3.8) is 0 Å². The lowest BCUT2D eigenvalue weighted by molar-refractivity contribution is -0.137. The van der Waals surface area contributed by atoms with Crippen LogP contribution in [-0.2, 0) is 15.7 Å². The Kier molecular flexibility index (Phi) is 2.74. The number of rotatable bonds is 1. The van der Waals surface area contributed by atoms with Crippen LogP contribution in [0.15, 0.2) is 29.8 Å². The molecular formula is C14H11F3O2. The average molecular weight is 268 g/mol. The quantitative estimate of drug-likeness (QED) is 0.782. The lowest BCUT2D eigenvalue weighted by Crippen LogP contribution is -2.05. The van der Waals surface area contributed by atoms with E-state index in [1.165, 1.54) is 12.1 Å². The molecule has 0 saturated carbocycles. The summed E-state index contributed by atoms with van der Waals surface area (Å²) in [6, 6.07) is 4.76. The molecule has 0 spiro atoms. The Hall–Kier alpha value is -1.62. The van der Waals surface area contributed by atoms with Crippen LogP contribution in [0.3, 0.4) is 0 Å². The molecule has 1 saturated heterocycles. The van der Waals surface area contributed by atoms with Gasteiger partial charge in [0.15, 0.2) is 5.78 Å². The molecule has 1 aromatic carbocycles. The number of ketones is 1. The third kappa shape index (κ3) is 2.08. The summed E-state index contributed by atoms with van der Waals surface area (Å²) < 4.78 is 42.8. The molecule has 5 heteroatoms.